The average molecular weight is 350 g/mol. The molecule has 0 saturated heterocycles. The summed E-state index contributed by atoms with van der Waals surface area (Å²) in [6, 6.07) is 6.49. The van der Waals surface area contributed by atoms with Gasteiger partial charge < -0.3 is 10.1 Å². The summed E-state index contributed by atoms with van der Waals surface area (Å²) in [6.07, 6.45) is 0. The summed E-state index contributed by atoms with van der Waals surface area (Å²) in [7, 11) is 0. The fourth-order valence-corrected chi connectivity index (χ4v) is 2.01. The monoisotopic (exact) mass is 350 g/mol. The van der Waals surface area contributed by atoms with Gasteiger partial charge in [-0.1, -0.05) is 12.1 Å². The molecular weight excluding hydrogens is 338 g/mol. The number of para-hydroxylation sites is 1. The summed E-state index contributed by atoms with van der Waals surface area (Å²) in [5.74, 6) is -3.99. The Morgan fingerprint density at radius 1 is 1.24 bits per heavy atom. The van der Waals surface area contributed by atoms with Crippen molar-refractivity contribution in [3.8, 4) is 0 Å². The molecule has 2 rings (SSSR count). The van der Waals surface area contributed by atoms with Gasteiger partial charge in [-0.05, 0) is 24.6 Å². The van der Waals surface area contributed by atoms with Gasteiger partial charge in [-0.15, -0.1) is 0 Å². The van der Waals surface area contributed by atoms with Crippen LogP contribution in [0.4, 0.5) is 20.2 Å². The van der Waals surface area contributed by atoms with Gasteiger partial charge in [-0.2, -0.15) is 0 Å². The molecule has 2 aromatic carbocycles. The number of nitrogens with one attached hydrogen (secondary N) is 1. The number of anilines is 1. The fraction of sp³-hybridized carbons (Fsp3) is 0.125. The van der Waals surface area contributed by atoms with Crippen molar-refractivity contribution < 1.29 is 28.0 Å². The van der Waals surface area contributed by atoms with Crippen LogP contribution in [0.5, 0.6) is 0 Å². The first kappa shape index (κ1) is 18.0. The number of carbonyl (C=O) groups excluding carboxylic acids is 2. The van der Waals surface area contributed by atoms with Crippen LogP contribution in [-0.2, 0) is 9.53 Å². The molecule has 0 atom stereocenters. The normalized spacial score (nSPS) is 10.2. The summed E-state index contributed by atoms with van der Waals surface area (Å²) in [6.45, 7) is 0.768. The van der Waals surface area contributed by atoms with E-state index in [9.17, 15) is 28.5 Å². The van der Waals surface area contributed by atoms with Crippen molar-refractivity contribution >= 4 is 23.3 Å². The number of aryl methyl sites for hydroxylation is 1. The Morgan fingerprint density at radius 3 is 2.60 bits per heavy atom. The Hall–Kier alpha value is -3.36. The highest BCUT2D eigenvalue weighted by Gasteiger charge is 2.19. The van der Waals surface area contributed by atoms with Gasteiger partial charge in [0.2, 0.25) is 0 Å². The molecule has 1 N–H and O–H groups in total. The maximum atomic E-state index is 13.5. The van der Waals surface area contributed by atoms with E-state index in [-0.39, 0.29) is 11.4 Å². The van der Waals surface area contributed by atoms with Crippen molar-refractivity contribution in [2.24, 2.45) is 0 Å². The number of nitro benzene ring substituents is 1. The number of ether oxygens (including phenoxy) is 1. The summed E-state index contributed by atoms with van der Waals surface area (Å²) in [4.78, 5) is 33.9. The van der Waals surface area contributed by atoms with E-state index in [0.29, 0.717) is 11.6 Å². The lowest BCUT2D eigenvalue weighted by molar-refractivity contribution is -0.384. The van der Waals surface area contributed by atoms with Crippen LogP contribution in [0.1, 0.15) is 15.9 Å². The third kappa shape index (κ3) is 4.34. The number of benzene rings is 2. The molecule has 0 aliphatic carbocycles. The Morgan fingerprint density at radius 2 is 1.96 bits per heavy atom. The molecule has 0 aliphatic heterocycles. The molecule has 9 heteroatoms. The number of nitro groups is 1. The van der Waals surface area contributed by atoms with Crippen LogP contribution in [0.2, 0.25) is 0 Å². The molecule has 0 saturated carbocycles. The number of amides is 1. The van der Waals surface area contributed by atoms with Crippen molar-refractivity contribution in [1.29, 1.82) is 0 Å². The maximum Gasteiger partial charge on any atom is 0.341 e. The summed E-state index contributed by atoms with van der Waals surface area (Å²) < 4.78 is 30.9. The van der Waals surface area contributed by atoms with E-state index in [2.05, 4.69) is 10.1 Å². The number of halogens is 2. The van der Waals surface area contributed by atoms with Crippen molar-refractivity contribution in [2.45, 2.75) is 6.92 Å². The van der Waals surface area contributed by atoms with Crippen molar-refractivity contribution in [3.05, 3.63) is 69.3 Å². The van der Waals surface area contributed by atoms with E-state index in [1.807, 2.05) is 0 Å². The molecule has 0 fully saturated rings. The van der Waals surface area contributed by atoms with Crippen molar-refractivity contribution in [1.82, 2.24) is 0 Å². The highest BCUT2D eigenvalue weighted by molar-refractivity contribution is 5.97. The molecule has 0 heterocycles. The molecule has 0 unspecified atom stereocenters. The number of nitrogens with zero attached hydrogens (tertiary/aromatic N) is 1. The Labute approximate surface area is 140 Å². The van der Waals surface area contributed by atoms with Crippen LogP contribution in [0.25, 0.3) is 0 Å². The molecule has 0 aliphatic rings. The molecular formula is C16H12F2N2O5. The second-order valence-electron chi connectivity index (χ2n) is 4.97. The van der Waals surface area contributed by atoms with Crippen LogP contribution in [0.3, 0.4) is 0 Å². The number of esters is 1. The van der Waals surface area contributed by atoms with Crippen LogP contribution >= 0.6 is 0 Å². The zero-order chi connectivity index (χ0) is 18.6. The second kappa shape index (κ2) is 7.47. The van der Waals surface area contributed by atoms with Gasteiger partial charge in [0.05, 0.1) is 10.5 Å². The standard InChI is InChI=1S/C16H12F2N2O5/c1-9-3-2-4-13(20(23)24)15(9)19-14(21)8-25-16(22)11-6-5-10(17)7-12(11)18/h2-7H,8H2,1H3,(H,19,21). The third-order valence-corrected chi connectivity index (χ3v) is 3.20. The smallest absolute Gasteiger partial charge is 0.341 e. The Bertz CT molecular complexity index is 854. The molecule has 1 amide bonds. The minimum atomic E-state index is -1.16. The number of carbonyl (C=O) groups is 2. The van der Waals surface area contributed by atoms with Crippen molar-refractivity contribution in [3.63, 3.8) is 0 Å². The Balaban J connectivity index is 2.04. The van der Waals surface area contributed by atoms with Gasteiger partial charge >= 0.3 is 5.97 Å². The topological polar surface area (TPSA) is 98.5 Å². The van der Waals surface area contributed by atoms with Gasteiger partial charge in [0.25, 0.3) is 11.6 Å². The van der Waals surface area contributed by atoms with Gasteiger partial charge in [0, 0.05) is 12.1 Å². The average Bonchev–Trinajstić information content (AvgIpc) is 2.54. The maximum absolute atomic E-state index is 13.5. The number of hydrogen-bond acceptors (Lipinski definition) is 5. The highest BCUT2D eigenvalue weighted by atomic mass is 19.1. The minimum absolute atomic E-state index is 0.0264. The highest BCUT2D eigenvalue weighted by Crippen LogP contribution is 2.27. The molecule has 7 nitrogen and oxygen atoms in total. The minimum Gasteiger partial charge on any atom is -0.452 e. The molecule has 130 valence electrons. The van der Waals surface area contributed by atoms with Crippen LogP contribution < -0.4 is 5.32 Å². The van der Waals surface area contributed by atoms with Crippen molar-refractivity contribution in [2.75, 3.05) is 11.9 Å². The van der Waals surface area contributed by atoms with Gasteiger partial charge in [-0.25, -0.2) is 13.6 Å². The van der Waals surface area contributed by atoms with E-state index in [4.69, 9.17) is 0 Å². The number of rotatable bonds is 5. The third-order valence-electron chi connectivity index (χ3n) is 3.20. The SMILES string of the molecule is Cc1cccc([N+](=O)[O-])c1NC(=O)COC(=O)c1ccc(F)cc1F. The predicted octanol–water partition coefficient (Wildman–Crippen LogP) is 2.98. The largest absolute Gasteiger partial charge is 0.452 e. The molecule has 0 bridgehead atoms. The lowest BCUT2D eigenvalue weighted by Crippen LogP contribution is -2.22. The van der Waals surface area contributed by atoms with E-state index >= 15 is 0 Å². The van der Waals surface area contributed by atoms with E-state index in [0.717, 1.165) is 12.1 Å². The predicted molar refractivity (Wildman–Crippen MR) is 83.1 cm³/mol. The zero-order valence-electron chi connectivity index (χ0n) is 12.9. The molecule has 0 aromatic heterocycles. The molecule has 2 aromatic rings. The first-order chi connectivity index (χ1) is 11.8. The van der Waals surface area contributed by atoms with Crippen LogP contribution in [0.15, 0.2) is 36.4 Å². The Kier molecular flexibility index (Phi) is 5.38. The first-order valence-corrected chi connectivity index (χ1v) is 6.95. The van der Waals surface area contributed by atoms with Crippen LogP contribution in [0, 0.1) is 28.7 Å². The quantitative estimate of drug-likeness (QED) is 0.508. The fourth-order valence-electron chi connectivity index (χ4n) is 2.01. The summed E-state index contributed by atoms with van der Waals surface area (Å²) in [5.41, 5.74) is -0.430. The zero-order valence-corrected chi connectivity index (χ0v) is 12.9. The van der Waals surface area contributed by atoms with Gasteiger partial charge in [-0.3, -0.25) is 14.9 Å². The first-order valence-electron chi connectivity index (χ1n) is 6.95. The van der Waals surface area contributed by atoms with Gasteiger partial charge in [0.15, 0.2) is 6.61 Å². The van der Waals surface area contributed by atoms with E-state index in [1.54, 1.807) is 13.0 Å². The van der Waals surface area contributed by atoms with E-state index in [1.165, 1.54) is 12.1 Å². The van der Waals surface area contributed by atoms with Gasteiger partial charge in [0.1, 0.15) is 17.3 Å². The van der Waals surface area contributed by atoms with Crippen LogP contribution in [-0.4, -0.2) is 23.4 Å². The number of hydrogen-bond donors (Lipinski definition) is 1. The summed E-state index contributed by atoms with van der Waals surface area (Å²) >= 11 is 0. The lowest BCUT2D eigenvalue weighted by Gasteiger charge is -2.09. The second-order valence-corrected chi connectivity index (χ2v) is 4.97. The molecule has 0 radical (unpaired) electrons. The molecule has 0 spiro atoms. The summed E-state index contributed by atoms with van der Waals surface area (Å²) in [5, 5.41) is 13.2. The molecule has 25 heavy (non-hydrogen) atoms. The lowest BCUT2D eigenvalue weighted by atomic mass is 10.1. The van der Waals surface area contributed by atoms with E-state index < -0.39 is 40.6 Å².